The molecule has 0 N–H and O–H groups in total. The van der Waals surface area contributed by atoms with Crippen LogP contribution < -0.4 is 4.90 Å². The van der Waals surface area contributed by atoms with Crippen LogP contribution >= 0.6 is 0 Å². The smallest absolute Gasteiger partial charge is 0.0619 e. The van der Waals surface area contributed by atoms with Crippen molar-refractivity contribution >= 4 is 49.6 Å². The van der Waals surface area contributed by atoms with Gasteiger partial charge < -0.3 is 9.47 Å². The molecule has 0 saturated carbocycles. The van der Waals surface area contributed by atoms with Gasteiger partial charge in [0.2, 0.25) is 0 Å². The molecule has 2 heteroatoms. The molecule has 8 aromatic carbocycles. The van der Waals surface area contributed by atoms with Gasteiger partial charge in [0.1, 0.15) is 0 Å². The van der Waals surface area contributed by atoms with Gasteiger partial charge in [-0.25, -0.2) is 0 Å². The van der Waals surface area contributed by atoms with E-state index in [2.05, 4.69) is 204 Å². The highest BCUT2D eigenvalue weighted by molar-refractivity contribution is 6.19. The van der Waals surface area contributed by atoms with Crippen molar-refractivity contribution in [2.24, 2.45) is 0 Å². The summed E-state index contributed by atoms with van der Waals surface area (Å²) in [5.74, 6) is 0. The van der Waals surface area contributed by atoms with Gasteiger partial charge in [-0.1, -0.05) is 133 Å². The molecule has 0 aliphatic rings. The summed E-state index contributed by atoms with van der Waals surface area (Å²) >= 11 is 0. The Bertz CT molecular complexity index is 2510. The monoisotopic (exact) mass is 612 g/mol. The summed E-state index contributed by atoms with van der Waals surface area (Å²) in [6.45, 7) is 0. The third kappa shape index (κ3) is 4.83. The van der Waals surface area contributed by atoms with Crippen LogP contribution in [0.2, 0.25) is 0 Å². The zero-order valence-electron chi connectivity index (χ0n) is 26.4. The van der Waals surface area contributed by atoms with E-state index >= 15 is 0 Å². The molecule has 1 aromatic heterocycles. The number of rotatable bonds is 6. The van der Waals surface area contributed by atoms with Crippen LogP contribution in [0, 0.1) is 0 Å². The molecule has 0 amide bonds. The zero-order valence-corrected chi connectivity index (χ0v) is 26.4. The van der Waals surface area contributed by atoms with Gasteiger partial charge in [0.25, 0.3) is 0 Å². The number of aromatic nitrogens is 1. The Hall–Kier alpha value is -6.38. The number of hydrogen-bond donors (Lipinski definition) is 0. The summed E-state index contributed by atoms with van der Waals surface area (Å²) in [6.07, 6.45) is 0. The minimum atomic E-state index is 1.12. The summed E-state index contributed by atoms with van der Waals surface area (Å²) < 4.78 is 2.42. The molecular formula is C46H32N2. The van der Waals surface area contributed by atoms with Gasteiger partial charge in [-0.3, -0.25) is 0 Å². The number of fused-ring (bicyclic) bond motifs is 5. The maximum absolute atomic E-state index is 2.42. The highest BCUT2D eigenvalue weighted by Crippen LogP contribution is 2.40. The van der Waals surface area contributed by atoms with E-state index in [1.165, 1.54) is 60.5 Å². The third-order valence-electron chi connectivity index (χ3n) is 9.37. The van der Waals surface area contributed by atoms with Gasteiger partial charge in [0.15, 0.2) is 0 Å². The lowest BCUT2D eigenvalue weighted by atomic mass is 9.99. The van der Waals surface area contributed by atoms with Crippen LogP contribution in [0.5, 0.6) is 0 Å². The molecule has 0 fully saturated rings. The quantitative estimate of drug-likeness (QED) is 0.181. The topological polar surface area (TPSA) is 8.17 Å². The second-order valence-electron chi connectivity index (χ2n) is 12.2. The minimum Gasteiger partial charge on any atom is -0.311 e. The molecule has 226 valence electrons. The first-order valence-corrected chi connectivity index (χ1v) is 16.4. The highest BCUT2D eigenvalue weighted by atomic mass is 15.1. The Morgan fingerprint density at radius 1 is 0.333 bits per heavy atom. The van der Waals surface area contributed by atoms with E-state index < -0.39 is 0 Å². The van der Waals surface area contributed by atoms with E-state index in [1.54, 1.807) is 0 Å². The van der Waals surface area contributed by atoms with Gasteiger partial charge in [0.05, 0.1) is 11.0 Å². The van der Waals surface area contributed by atoms with Crippen molar-refractivity contribution in [1.82, 2.24) is 4.57 Å². The summed E-state index contributed by atoms with van der Waals surface area (Å²) in [7, 11) is 0. The minimum absolute atomic E-state index is 1.12. The SMILES string of the molecule is c1ccc(-c2ccc(N(c3ccccc3)c3ccc(-c4ccc5ccc6c7ccccc7n(-c7ccccc7)c6c5c4)cc3)cc2)cc1. The Kier molecular flexibility index (Phi) is 6.84. The van der Waals surface area contributed by atoms with E-state index in [-0.39, 0.29) is 0 Å². The molecule has 0 aliphatic heterocycles. The molecule has 0 aliphatic carbocycles. The molecule has 0 saturated heterocycles. The normalized spacial score (nSPS) is 11.3. The van der Waals surface area contributed by atoms with Gasteiger partial charge in [-0.15, -0.1) is 0 Å². The van der Waals surface area contributed by atoms with E-state index in [1.807, 2.05) is 0 Å². The molecule has 9 aromatic rings. The fraction of sp³-hybridized carbons (Fsp3) is 0. The third-order valence-corrected chi connectivity index (χ3v) is 9.37. The Balaban J connectivity index is 1.14. The lowest BCUT2D eigenvalue weighted by Crippen LogP contribution is -2.09. The summed E-state index contributed by atoms with van der Waals surface area (Å²) in [5, 5.41) is 5.02. The number of benzene rings is 8. The maximum atomic E-state index is 2.42. The van der Waals surface area contributed by atoms with Gasteiger partial charge in [-0.2, -0.15) is 0 Å². The molecule has 0 bridgehead atoms. The fourth-order valence-electron chi connectivity index (χ4n) is 7.06. The average Bonchev–Trinajstić information content (AvgIpc) is 3.51. The molecule has 2 nitrogen and oxygen atoms in total. The zero-order chi connectivity index (χ0) is 31.9. The molecule has 9 rings (SSSR count). The van der Waals surface area contributed by atoms with Crippen LogP contribution in [0.15, 0.2) is 194 Å². The van der Waals surface area contributed by atoms with Crippen molar-refractivity contribution in [2.45, 2.75) is 0 Å². The predicted molar refractivity (Wildman–Crippen MR) is 204 cm³/mol. The summed E-state index contributed by atoms with van der Waals surface area (Å²) in [4.78, 5) is 2.32. The number of hydrogen-bond acceptors (Lipinski definition) is 1. The largest absolute Gasteiger partial charge is 0.311 e. The Morgan fingerprint density at radius 3 is 1.52 bits per heavy atom. The summed E-state index contributed by atoms with van der Waals surface area (Å²) in [5.41, 5.74) is 11.8. The average molecular weight is 613 g/mol. The predicted octanol–water partition coefficient (Wildman–Crippen LogP) is 12.7. The van der Waals surface area contributed by atoms with Crippen molar-refractivity contribution in [3.63, 3.8) is 0 Å². The Labute approximate surface area is 280 Å². The standard InChI is InChI=1S/C46H32N2/c1-4-12-33(13-5-1)34-22-27-40(28-23-34)47(38-14-6-2-7-15-38)41-29-24-35(25-30-41)37-21-20-36-26-31-43-42-18-10-11-19-45(42)48(46(43)44(36)32-37)39-16-8-3-9-17-39/h1-32H. The molecule has 0 unspecified atom stereocenters. The van der Waals surface area contributed by atoms with Gasteiger partial charge in [-0.05, 0) is 88.3 Å². The second-order valence-corrected chi connectivity index (χ2v) is 12.2. The van der Waals surface area contributed by atoms with Crippen molar-refractivity contribution in [2.75, 3.05) is 4.90 Å². The summed E-state index contributed by atoms with van der Waals surface area (Å²) in [6, 6.07) is 69.8. The van der Waals surface area contributed by atoms with Crippen LogP contribution in [0.25, 0.3) is 60.5 Å². The molecular weight excluding hydrogens is 581 g/mol. The molecule has 48 heavy (non-hydrogen) atoms. The van der Waals surface area contributed by atoms with E-state index in [9.17, 15) is 0 Å². The van der Waals surface area contributed by atoms with Crippen molar-refractivity contribution < 1.29 is 0 Å². The van der Waals surface area contributed by atoms with E-state index in [0.29, 0.717) is 0 Å². The molecule has 0 spiro atoms. The maximum Gasteiger partial charge on any atom is 0.0619 e. The van der Waals surface area contributed by atoms with Crippen LogP contribution in [-0.4, -0.2) is 4.57 Å². The first-order valence-electron chi connectivity index (χ1n) is 16.4. The highest BCUT2D eigenvalue weighted by Gasteiger charge is 2.16. The lowest BCUT2D eigenvalue weighted by molar-refractivity contribution is 1.19. The van der Waals surface area contributed by atoms with Crippen LogP contribution in [-0.2, 0) is 0 Å². The van der Waals surface area contributed by atoms with E-state index in [0.717, 1.165) is 17.1 Å². The number of anilines is 3. The number of para-hydroxylation sites is 3. The Morgan fingerprint density at radius 2 is 0.833 bits per heavy atom. The fourth-order valence-corrected chi connectivity index (χ4v) is 7.06. The van der Waals surface area contributed by atoms with Crippen LogP contribution in [0.4, 0.5) is 17.1 Å². The molecule has 1 heterocycles. The van der Waals surface area contributed by atoms with Gasteiger partial charge >= 0.3 is 0 Å². The van der Waals surface area contributed by atoms with Gasteiger partial charge in [0, 0.05) is 38.9 Å². The number of nitrogens with zero attached hydrogens (tertiary/aromatic N) is 2. The molecule has 0 atom stereocenters. The van der Waals surface area contributed by atoms with Crippen molar-refractivity contribution in [3.05, 3.63) is 194 Å². The first kappa shape index (κ1) is 27.9. The first-order chi connectivity index (χ1) is 23.8. The van der Waals surface area contributed by atoms with Crippen molar-refractivity contribution in [1.29, 1.82) is 0 Å². The van der Waals surface area contributed by atoms with Crippen molar-refractivity contribution in [3.8, 4) is 27.9 Å². The molecule has 0 radical (unpaired) electrons. The lowest BCUT2D eigenvalue weighted by Gasteiger charge is -2.26. The van der Waals surface area contributed by atoms with Crippen LogP contribution in [0.1, 0.15) is 0 Å². The van der Waals surface area contributed by atoms with Crippen LogP contribution in [0.3, 0.4) is 0 Å². The van der Waals surface area contributed by atoms with E-state index in [4.69, 9.17) is 0 Å². The second kappa shape index (κ2) is 11.8.